The van der Waals surface area contributed by atoms with Crippen LogP contribution in [0.3, 0.4) is 0 Å². The Balaban J connectivity index is 1.02. The maximum absolute atomic E-state index is 9.52. The Morgan fingerprint density at radius 3 is 1.31 bits per heavy atom. The first kappa shape index (κ1) is 42.0. The van der Waals surface area contributed by atoms with Gasteiger partial charge >= 0.3 is 0 Å². The average molecular weight is 1090 g/mol. The Bertz CT molecular complexity index is 5410. The van der Waals surface area contributed by atoms with Crippen LogP contribution in [0.5, 0.6) is 23.0 Å². The van der Waals surface area contributed by atoms with E-state index in [1.165, 1.54) is 26.8 Å². The molecule has 0 spiro atoms. The van der Waals surface area contributed by atoms with Gasteiger partial charge < -0.3 is 27.6 Å². The van der Waals surface area contributed by atoms with Crippen molar-refractivity contribution in [3.05, 3.63) is 204 Å². The summed E-state index contributed by atoms with van der Waals surface area (Å²) in [5.74, 6) is 1.85. The van der Waals surface area contributed by atoms with Crippen LogP contribution >= 0.6 is 0 Å². The molecule has 16 rings (SSSR count). The smallest absolute Gasteiger partial charge is 0.265 e. The van der Waals surface area contributed by atoms with E-state index in [1.54, 1.807) is 12.1 Å². The van der Waals surface area contributed by atoms with E-state index in [1.807, 2.05) is 18.2 Å². The van der Waals surface area contributed by atoms with Crippen molar-refractivity contribution in [1.29, 1.82) is 0 Å². The highest BCUT2D eigenvalue weighted by molar-refractivity contribution is 6.99. The quantitative estimate of drug-likeness (QED) is 0.166. The number of rotatable bonds is 3. The molecule has 0 fully saturated rings. The molecule has 0 saturated carbocycles. The van der Waals surface area contributed by atoms with Gasteiger partial charge in [0.05, 0.1) is 60.8 Å². The number of para-hydroxylation sites is 3. The molecule has 14 aromatic rings. The lowest BCUT2D eigenvalue weighted by Gasteiger charge is -2.34. The van der Waals surface area contributed by atoms with Crippen molar-refractivity contribution >= 4 is 110 Å². The predicted octanol–water partition coefficient (Wildman–Crippen LogP) is 18.8. The van der Waals surface area contributed by atoms with Crippen LogP contribution < -0.4 is 25.9 Å². The predicted molar refractivity (Wildman–Crippen MR) is 349 cm³/mol. The Hall–Kier alpha value is -8.94. The summed E-state index contributed by atoms with van der Waals surface area (Å²) in [5, 5.41) is 6.32. The third kappa shape index (κ3) is 7.28. The van der Waals surface area contributed by atoms with Crippen LogP contribution in [0.25, 0.3) is 104 Å². The SMILES string of the molecule is [2H]c1c([2H])c([2H])c2c(c1[2H])c1c([2H])c([2H])c([2H])c([2H])c1n2-c1cc2c3c(c1)Oc1cc(-n4c5ccc(C(C)(C)C)cc5c5cc(C(C)(C)C)ccc54)c4c(oc5ccccc54)c1B3c1ccc(-n3c4ccc(C(C)(C)C)cc4c4cc(C(C)(C)C)ccc43)cc1O2. The summed E-state index contributed by atoms with van der Waals surface area (Å²) in [6, 6.07) is 43.8. The minimum atomic E-state index is -0.575. The molecule has 0 atom stereocenters. The largest absolute Gasteiger partial charge is 0.458 e. The summed E-state index contributed by atoms with van der Waals surface area (Å²) in [6.07, 6.45) is 0. The number of hydrogen-bond donors (Lipinski definition) is 0. The molecule has 6 nitrogen and oxygen atoms in total. The lowest BCUT2D eigenvalue weighted by Crippen LogP contribution is -2.57. The second kappa shape index (κ2) is 16.8. The number of hydrogen-bond acceptors (Lipinski definition) is 3. The van der Waals surface area contributed by atoms with E-state index < -0.39 is 55.1 Å². The van der Waals surface area contributed by atoms with Crippen molar-refractivity contribution in [1.82, 2.24) is 13.7 Å². The number of benzene rings is 10. The third-order valence-corrected chi connectivity index (χ3v) is 17.8. The topological polar surface area (TPSA) is 46.4 Å². The summed E-state index contributed by atoms with van der Waals surface area (Å²) in [6.45, 7) is 26.3. The van der Waals surface area contributed by atoms with Crippen LogP contribution in [0.2, 0.25) is 0 Å². The molecule has 6 heterocycles. The van der Waals surface area contributed by atoms with Gasteiger partial charge in [0.15, 0.2) is 0 Å². The maximum Gasteiger partial charge on any atom is 0.265 e. The summed E-state index contributed by atoms with van der Waals surface area (Å²) < 4.78 is 102. The molecular formula is C76H66BN3O3. The molecular weight excluding hydrogens is 1010 g/mol. The molecule has 10 aromatic carbocycles. The summed E-state index contributed by atoms with van der Waals surface area (Å²) in [7, 11) is 0. The van der Waals surface area contributed by atoms with Gasteiger partial charge in [-0.3, -0.25) is 0 Å². The first-order valence-corrected chi connectivity index (χ1v) is 28.9. The van der Waals surface area contributed by atoms with Gasteiger partial charge in [0.2, 0.25) is 0 Å². The number of nitrogens with zero attached hydrogens (tertiary/aromatic N) is 3. The van der Waals surface area contributed by atoms with Crippen molar-refractivity contribution in [2.45, 2.75) is 105 Å². The van der Waals surface area contributed by atoms with Gasteiger partial charge in [0.1, 0.15) is 34.2 Å². The van der Waals surface area contributed by atoms with Crippen LogP contribution in [0.4, 0.5) is 0 Å². The van der Waals surface area contributed by atoms with Gasteiger partial charge in [-0.1, -0.05) is 168 Å². The first-order valence-electron chi connectivity index (χ1n) is 32.9. The van der Waals surface area contributed by atoms with Gasteiger partial charge in [0.25, 0.3) is 6.71 Å². The number of fused-ring (bicyclic) bond motifs is 17. The Kier molecular flexibility index (Phi) is 8.52. The fourth-order valence-electron chi connectivity index (χ4n) is 13.4. The van der Waals surface area contributed by atoms with E-state index in [2.05, 4.69) is 195 Å². The van der Waals surface area contributed by atoms with Crippen molar-refractivity contribution < 1.29 is 24.9 Å². The molecule has 0 amide bonds. The zero-order valence-corrected chi connectivity index (χ0v) is 48.8. The van der Waals surface area contributed by atoms with Crippen LogP contribution in [0, 0.1) is 0 Å². The fourth-order valence-corrected chi connectivity index (χ4v) is 13.4. The van der Waals surface area contributed by atoms with Crippen LogP contribution in [-0.4, -0.2) is 20.4 Å². The second-order valence-electron chi connectivity index (χ2n) is 27.2. The van der Waals surface area contributed by atoms with Crippen LogP contribution in [0.15, 0.2) is 186 Å². The van der Waals surface area contributed by atoms with Gasteiger partial charge in [0, 0.05) is 78.6 Å². The van der Waals surface area contributed by atoms with E-state index >= 15 is 0 Å². The lowest BCUT2D eigenvalue weighted by molar-refractivity contribution is 0.464. The van der Waals surface area contributed by atoms with Gasteiger partial charge in [-0.05, 0) is 122 Å². The monoisotopic (exact) mass is 1090 g/mol. The normalized spacial score (nSPS) is 15.1. The maximum atomic E-state index is 9.52. The van der Waals surface area contributed by atoms with Gasteiger partial charge in [-0.25, -0.2) is 0 Å². The van der Waals surface area contributed by atoms with Crippen LogP contribution in [0.1, 0.15) is 116 Å². The summed E-state index contributed by atoms with van der Waals surface area (Å²) in [5.41, 5.74) is 14.2. The van der Waals surface area contributed by atoms with Crippen molar-refractivity contribution in [3.63, 3.8) is 0 Å². The van der Waals surface area contributed by atoms with E-state index in [0.29, 0.717) is 45.3 Å². The van der Waals surface area contributed by atoms with Crippen molar-refractivity contribution in [2.75, 3.05) is 0 Å². The van der Waals surface area contributed by atoms with Gasteiger partial charge in [-0.15, -0.1) is 0 Å². The highest BCUT2D eigenvalue weighted by Crippen LogP contribution is 2.47. The van der Waals surface area contributed by atoms with E-state index in [4.69, 9.17) is 19.4 Å². The fraction of sp³-hybridized carbons (Fsp3) is 0.211. The molecule has 4 aromatic heterocycles. The minimum absolute atomic E-state index is 0.0103. The molecule has 0 N–H and O–H groups in total. The Labute approximate surface area is 495 Å². The zero-order chi connectivity index (χ0) is 63.9. The number of ether oxygens (including phenoxy) is 2. The Morgan fingerprint density at radius 1 is 0.373 bits per heavy atom. The Morgan fingerprint density at radius 2 is 0.807 bits per heavy atom. The van der Waals surface area contributed by atoms with E-state index in [9.17, 15) is 5.48 Å². The summed E-state index contributed by atoms with van der Waals surface area (Å²) in [4.78, 5) is 0. The van der Waals surface area contributed by atoms with E-state index in [0.717, 1.165) is 76.7 Å². The van der Waals surface area contributed by atoms with Gasteiger partial charge in [-0.2, -0.15) is 0 Å². The molecule has 0 unspecified atom stereocenters. The number of furan rings is 1. The molecule has 83 heavy (non-hydrogen) atoms. The third-order valence-electron chi connectivity index (χ3n) is 17.8. The first-order chi connectivity index (χ1) is 43.0. The number of aromatic nitrogens is 3. The molecule has 406 valence electrons. The van der Waals surface area contributed by atoms with Crippen LogP contribution in [-0.2, 0) is 21.7 Å². The molecule has 0 radical (unpaired) electrons. The lowest BCUT2D eigenvalue weighted by atomic mass is 9.34. The van der Waals surface area contributed by atoms with Crippen molar-refractivity contribution in [3.8, 4) is 40.1 Å². The highest BCUT2D eigenvalue weighted by Gasteiger charge is 2.44. The molecule has 0 aliphatic carbocycles. The van der Waals surface area contributed by atoms with Crippen molar-refractivity contribution in [2.24, 2.45) is 0 Å². The second-order valence-corrected chi connectivity index (χ2v) is 27.2. The summed E-state index contributed by atoms with van der Waals surface area (Å²) >= 11 is 0. The molecule has 0 saturated heterocycles. The molecule has 0 bridgehead atoms. The zero-order valence-electron chi connectivity index (χ0n) is 56.8. The van der Waals surface area contributed by atoms with E-state index in [-0.39, 0.29) is 43.5 Å². The standard InChI is InChI=1S/C76H66BN3O3/c1-73(2,3)43-25-31-59-52(35-43)53-36-44(74(4,5)6)26-32-60(53)78(59)47-29-30-56-65(39-47)81-66-40-48(79-57-22-16-13-19-49(57)50-20-14-17-23-58(50)79)41-67-70(66)77(56)71-68(82-67)42-63(69-51-21-15-18-24-64(51)83-72(69)71)80-61-33-27-45(75(7,8)9)37-54(61)55-38-46(76(10,11)12)28-34-62(55)80/h13-42H,1-12H3/i13D,14D,16D,17D,19D,20D,22D,23D. The molecule has 2 aliphatic heterocycles. The average Bonchev–Trinajstić information content (AvgIpc) is 1.66. The molecule has 2 aliphatic rings. The highest BCUT2D eigenvalue weighted by atomic mass is 16.5. The molecule has 7 heteroatoms. The minimum Gasteiger partial charge on any atom is -0.458 e.